The SMILES string of the molecule is Cc1cc(N2CCCNC(=O)C2)c(C(C)N)cc1F. The lowest BCUT2D eigenvalue weighted by Crippen LogP contribution is -2.34. The summed E-state index contributed by atoms with van der Waals surface area (Å²) >= 11 is 0. The van der Waals surface area contributed by atoms with Crippen LogP contribution in [0.5, 0.6) is 0 Å². The molecule has 104 valence electrons. The topological polar surface area (TPSA) is 58.4 Å². The van der Waals surface area contributed by atoms with Gasteiger partial charge in [-0.1, -0.05) is 0 Å². The third kappa shape index (κ3) is 3.04. The summed E-state index contributed by atoms with van der Waals surface area (Å²) in [5.41, 5.74) is 8.11. The van der Waals surface area contributed by atoms with Crippen LogP contribution < -0.4 is 16.0 Å². The number of hydrogen-bond acceptors (Lipinski definition) is 3. The van der Waals surface area contributed by atoms with E-state index in [-0.39, 0.29) is 17.8 Å². The quantitative estimate of drug-likeness (QED) is 0.851. The lowest BCUT2D eigenvalue weighted by molar-refractivity contribution is -0.119. The van der Waals surface area contributed by atoms with Crippen molar-refractivity contribution in [3.63, 3.8) is 0 Å². The first-order valence-corrected chi connectivity index (χ1v) is 6.56. The van der Waals surface area contributed by atoms with E-state index in [1.165, 1.54) is 6.07 Å². The van der Waals surface area contributed by atoms with Crippen LogP contribution in [0.25, 0.3) is 0 Å². The molecule has 1 aliphatic heterocycles. The fourth-order valence-electron chi connectivity index (χ4n) is 2.33. The van der Waals surface area contributed by atoms with E-state index < -0.39 is 0 Å². The molecule has 0 aliphatic carbocycles. The first kappa shape index (κ1) is 13.8. The summed E-state index contributed by atoms with van der Waals surface area (Å²) in [7, 11) is 0. The van der Waals surface area contributed by atoms with E-state index in [2.05, 4.69) is 5.32 Å². The maximum Gasteiger partial charge on any atom is 0.239 e. The van der Waals surface area contributed by atoms with Gasteiger partial charge in [0, 0.05) is 24.8 Å². The molecule has 3 N–H and O–H groups in total. The van der Waals surface area contributed by atoms with Crippen molar-refractivity contribution in [1.29, 1.82) is 0 Å². The molecule has 1 aliphatic rings. The van der Waals surface area contributed by atoms with Gasteiger partial charge in [-0.25, -0.2) is 4.39 Å². The molecule has 1 unspecified atom stereocenters. The van der Waals surface area contributed by atoms with Crippen LogP contribution in [0, 0.1) is 12.7 Å². The van der Waals surface area contributed by atoms with Gasteiger partial charge in [0.2, 0.25) is 5.91 Å². The second-order valence-corrected chi connectivity index (χ2v) is 5.07. The molecule has 1 heterocycles. The third-order valence-electron chi connectivity index (χ3n) is 3.40. The first-order valence-electron chi connectivity index (χ1n) is 6.56. The van der Waals surface area contributed by atoms with Crippen molar-refractivity contribution in [2.24, 2.45) is 5.73 Å². The van der Waals surface area contributed by atoms with Crippen LogP contribution in [-0.2, 0) is 4.79 Å². The number of nitrogens with one attached hydrogen (secondary N) is 1. The van der Waals surface area contributed by atoms with Crippen molar-refractivity contribution in [2.75, 3.05) is 24.5 Å². The molecular formula is C14H20FN3O. The number of halogens is 1. The monoisotopic (exact) mass is 265 g/mol. The summed E-state index contributed by atoms with van der Waals surface area (Å²) in [6.07, 6.45) is 0.876. The van der Waals surface area contributed by atoms with Crippen molar-refractivity contribution < 1.29 is 9.18 Å². The van der Waals surface area contributed by atoms with E-state index in [9.17, 15) is 9.18 Å². The van der Waals surface area contributed by atoms with E-state index in [0.29, 0.717) is 18.7 Å². The highest BCUT2D eigenvalue weighted by Crippen LogP contribution is 2.28. The number of carbonyl (C=O) groups is 1. The number of anilines is 1. The number of hydrogen-bond donors (Lipinski definition) is 2. The number of nitrogens with zero attached hydrogens (tertiary/aromatic N) is 1. The fourth-order valence-corrected chi connectivity index (χ4v) is 2.33. The molecular weight excluding hydrogens is 245 g/mol. The Morgan fingerprint density at radius 2 is 2.21 bits per heavy atom. The highest BCUT2D eigenvalue weighted by Gasteiger charge is 2.20. The van der Waals surface area contributed by atoms with E-state index in [1.807, 2.05) is 11.8 Å². The van der Waals surface area contributed by atoms with Crippen LogP contribution in [0.15, 0.2) is 12.1 Å². The van der Waals surface area contributed by atoms with E-state index in [1.54, 1.807) is 13.0 Å². The highest BCUT2D eigenvalue weighted by molar-refractivity contribution is 5.82. The zero-order valence-corrected chi connectivity index (χ0v) is 11.4. The highest BCUT2D eigenvalue weighted by atomic mass is 19.1. The predicted molar refractivity (Wildman–Crippen MR) is 73.6 cm³/mol. The lowest BCUT2D eigenvalue weighted by Gasteiger charge is -2.26. The second kappa shape index (κ2) is 5.57. The van der Waals surface area contributed by atoms with E-state index >= 15 is 0 Å². The molecule has 0 bridgehead atoms. The molecule has 1 saturated heterocycles. The van der Waals surface area contributed by atoms with Crippen molar-refractivity contribution in [1.82, 2.24) is 5.32 Å². The van der Waals surface area contributed by atoms with Crippen LogP contribution in [0.4, 0.5) is 10.1 Å². The zero-order valence-electron chi connectivity index (χ0n) is 11.4. The summed E-state index contributed by atoms with van der Waals surface area (Å²) < 4.78 is 13.7. The first-order chi connectivity index (χ1) is 8.99. The molecule has 2 rings (SSSR count). The van der Waals surface area contributed by atoms with E-state index in [4.69, 9.17) is 5.73 Å². The molecule has 1 atom stereocenters. The van der Waals surface area contributed by atoms with Gasteiger partial charge in [-0.3, -0.25) is 4.79 Å². The zero-order chi connectivity index (χ0) is 14.0. The molecule has 1 aromatic rings. The molecule has 5 heteroatoms. The number of benzene rings is 1. The maximum absolute atomic E-state index is 13.7. The van der Waals surface area contributed by atoms with Crippen LogP contribution in [0.3, 0.4) is 0 Å². The van der Waals surface area contributed by atoms with Gasteiger partial charge >= 0.3 is 0 Å². The van der Waals surface area contributed by atoms with Gasteiger partial charge in [0.25, 0.3) is 0 Å². The van der Waals surface area contributed by atoms with Crippen LogP contribution in [0.1, 0.15) is 30.5 Å². The number of nitrogens with two attached hydrogens (primary N) is 1. The minimum Gasteiger partial charge on any atom is -0.362 e. The van der Waals surface area contributed by atoms with Gasteiger partial charge in [-0.05, 0) is 43.5 Å². The Hall–Kier alpha value is -1.62. The molecule has 1 amide bonds. The Kier molecular flexibility index (Phi) is 4.04. The fraction of sp³-hybridized carbons (Fsp3) is 0.500. The molecule has 0 aromatic heterocycles. The molecule has 0 radical (unpaired) electrons. The normalized spacial score (nSPS) is 17.9. The Bertz CT molecular complexity index is 488. The Morgan fingerprint density at radius 3 is 2.89 bits per heavy atom. The van der Waals surface area contributed by atoms with Crippen molar-refractivity contribution >= 4 is 11.6 Å². The minimum atomic E-state index is -0.267. The number of rotatable bonds is 2. The summed E-state index contributed by atoms with van der Waals surface area (Å²) in [5, 5.41) is 2.83. The van der Waals surface area contributed by atoms with Gasteiger partial charge in [-0.2, -0.15) is 0 Å². The van der Waals surface area contributed by atoms with Crippen molar-refractivity contribution in [2.45, 2.75) is 26.3 Å². The van der Waals surface area contributed by atoms with Gasteiger partial charge in [0.1, 0.15) is 5.82 Å². The lowest BCUT2D eigenvalue weighted by atomic mass is 10.0. The second-order valence-electron chi connectivity index (χ2n) is 5.07. The van der Waals surface area contributed by atoms with Gasteiger partial charge in [0.15, 0.2) is 0 Å². The van der Waals surface area contributed by atoms with Gasteiger partial charge in [-0.15, -0.1) is 0 Å². The van der Waals surface area contributed by atoms with Crippen LogP contribution in [-0.4, -0.2) is 25.5 Å². The Balaban J connectivity index is 2.41. The molecule has 1 aromatic carbocycles. The number of aryl methyl sites for hydroxylation is 1. The number of amides is 1. The molecule has 0 spiro atoms. The molecule has 4 nitrogen and oxygen atoms in total. The third-order valence-corrected chi connectivity index (χ3v) is 3.40. The largest absolute Gasteiger partial charge is 0.362 e. The van der Waals surface area contributed by atoms with Gasteiger partial charge < -0.3 is 16.0 Å². The van der Waals surface area contributed by atoms with Crippen molar-refractivity contribution in [3.8, 4) is 0 Å². The molecule has 0 saturated carbocycles. The maximum atomic E-state index is 13.7. The molecule has 1 fully saturated rings. The summed E-state index contributed by atoms with van der Waals surface area (Å²) in [6.45, 7) is 5.30. The average molecular weight is 265 g/mol. The standard InChI is InChI=1S/C14H20FN3O/c1-9-6-13(11(10(2)16)7-12(9)15)18-5-3-4-17-14(19)8-18/h6-7,10H,3-5,8,16H2,1-2H3,(H,17,19). The summed E-state index contributed by atoms with van der Waals surface area (Å²) in [5.74, 6) is -0.259. The summed E-state index contributed by atoms with van der Waals surface area (Å²) in [6, 6.07) is 3.00. The van der Waals surface area contributed by atoms with Gasteiger partial charge in [0.05, 0.1) is 6.54 Å². The predicted octanol–water partition coefficient (Wildman–Crippen LogP) is 1.48. The summed E-state index contributed by atoms with van der Waals surface area (Å²) in [4.78, 5) is 13.6. The minimum absolute atomic E-state index is 0.00453. The van der Waals surface area contributed by atoms with Crippen LogP contribution >= 0.6 is 0 Å². The number of carbonyl (C=O) groups excluding carboxylic acids is 1. The average Bonchev–Trinajstić information content (AvgIpc) is 2.56. The van der Waals surface area contributed by atoms with Crippen molar-refractivity contribution in [3.05, 3.63) is 29.1 Å². The molecule has 19 heavy (non-hydrogen) atoms. The van der Waals surface area contributed by atoms with E-state index in [0.717, 1.165) is 24.2 Å². The Labute approximate surface area is 112 Å². The smallest absolute Gasteiger partial charge is 0.239 e. The Morgan fingerprint density at radius 1 is 1.47 bits per heavy atom. The van der Waals surface area contributed by atoms with Crippen LogP contribution in [0.2, 0.25) is 0 Å².